The normalized spacial score (nSPS) is 20.8. The highest BCUT2D eigenvalue weighted by molar-refractivity contribution is 7.89. The fourth-order valence-electron chi connectivity index (χ4n) is 4.58. The number of rotatable bonds is 6. The second kappa shape index (κ2) is 9.00. The fourth-order valence-corrected chi connectivity index (χ4v) is 6.76. The summed E-state index contributed by atoms with van der Waals surface area (Å²) in [6.07, 6.45) is 2.35. The molecule has 32 heavy (non-hydrogen) atoms. The number of carboxylic acid groups (broad SMARTS) is 1. The van der Waals surface area contributed by atoms with Crippen molar-refractivity contribution < 1.29 is 18.3 Å². The number of sulfonamides is 1. The third kappa shape index (κ3) is 4.92. The minimum Gasteiger partial charge on any atom is -0.478 e. The van der Waals surface area contributed by atoms with Crippen LogP contribution in [0.3, 0.4) is 0 Å². The first kappa shape index (κ1) is 24.5. The first-order valence-electron chi connectivity index (χ1n) is 10.6. The Bertz CT molecular complexity index is 1130. The third-order valence-corrected chi connectivity index (χ3v) is 8.07. The Hall–Kier alpha value is -2.15. The Morgan fingerprint density at radius 2 is 1.72 bits per heavy atom. The van der Waals surface area contributed by atoms with Gasteiger partial charge in [0.2, 0.25) is 10.0 Å². The quantitative estimate of drug-likeness (QED) is 0.569. The number of hydrogen-bond donors (Lipinski definition) is 1. The van der Waals surface area contributed by atoms with Crippen LogP contribution in [0.15, 0.2) is 65.1 Å². The summed E-state index contributed by atoms with van der Waals surface area (Å²) in [5.74, 6) is -1.22. The van der Waals surface area contributed by atoms with E-state index in [2.05, 4.69) is 20.8 Å². The first-order chi connectivity index (χ1) is 14.8. The molecule has 0 fully saturated rings. The molecule has 0 aliphatic carbocycles. The summed E-state index contributed by atoms with van der Waals surface area (Å²) in [4.78, 5) is 12.5. The second-order valence-corrected chi connectivity index (χ2v) is 12.0. The van der Waals surface area contributed by atoms with Gasteiger partial charge in [0, 0.05) is 11.1 Å². The van der Waals surface area contributed by atoms with Gasteiger partial charge in [-0.1, -0.05) is 75.7 Å². The predicted molar refractivity (Wildman–Crippen MR) is 127 cm³/mol. The summed E-state index contributed by atoms with van der Waals surface area (Å²) in [6.45, 7) is 10.0. The molecule has 0 amide bonds. The van der Waals surface area contributed by atoms with E-state index in [9.17, 15) is 18.3 Å². The highest BCUT2D eigenvalue weighted by Crippen LogP contribution is 2.45. The molecular weight excluding hydrogens is 446 g/mol. The summed E-state index contributed by atoms with van der Waals surface area (Å²) >= 11 is 6.05. The molecule has 172 valence electrons. The minimum atomic E-state index is -4.01. The molecule has 3 atom stereocenters. The van der Waals surface area contributed by atoms with Gasteiger partial charge in [0.05, 0.1) is 16.5 Å². The smallest absolute Gasteiger partial charge is 0.333 e. The Morgan fingerprint density at radius 3 is 2.25 bits per heavy atom. The summed E-state index contributed by atoms with van der Waals surface area (Å²) in [5.41, 5.74) is 1.21. The molecule has 0 saturated heterocycles. The van der Waals surface area contributed by atoms with E-state index < -0.39 is 28.1 Å². The van der Waals surface area contributed by atoms with Crippen LogP contribution in [0.25, 0.3) is 0 Å². The predicted octanol–water partition coefficient (Wildman–Crippen LogP) is 5.85. The van der Waals surface area contributed by atoms with Crippen molar-refractivity contribution in [2.45, 2.75) is 58.0 Å². The van der Waals surface area contributed by atoms with Crippen molar-refractivity contribution in [3.63, 3.8) is 0 Å². The van der Waals surface area contributed by atoms with E-state index in [0.717, 1.165) is 6.42 Å². The maximum Gasteiger partial charge on any atom is 0.333 e. The van der Waals surface area contributed by atoms with Gasteiger partial charge in [0.1, 0.15) is 0 Å². The molecule has 1 aliphatic heterocycles. The summed E-state index contributed by atoms with van der Waals surface area (Å²) in [7, 11) is -4.01. The molecule has 1 aliphatic rings. The van der Waals surface area contributed by atoms with E-state index in [4.69, 9.17) is 11.6 Å². The molecule has 1 N–H and O–H groups in total. The lowest BCUT2D eigenvalue weighted by atomic mass is 9.82. The topological polar surface area (TPSA) is 74.7 Å². The van der Waals surface area contributed by atoms with Crippen molar-refractivity contribution in [2.24, 2.45) is 11.3 Å². The molecule has 3 unspecified atom stereocenters. The Balaban J connectivity index is 2.23. The lowest BCUT2D eigenvalue weighted by molar-refractivity contribution is -0.133. The van der Waals surface area contributed by atoms with Gasteiger partial charge in [-0.25, -0.2) is 13.2 Å². The van der Waals surface area contributed by atoms with Gasteiger partial charge in [0.25, 0.3) is 0 Å². The highest BCUT2D eigenvalue weighted by Gasteiger charge is 2.48. The molecule has 0 spiro atoms. The number of carbonyl (C=O) groups is 1. The number of benzene rings is 2. The number of carboxylic acids is 1. The van der Waals surface area contributed by atoms with Crippen molar-refractivity contribution >= 4 is 27.6 Å². The average molecular weight is 476 g/mol. The molecule has 2 aromatic rings. The zero-order valence-corrected chi connectivity index (χ0v) is 20.6. The van der Waals surface area contributed by atoms with E-state index in [1.54, 1.807) is 61.5 Å². The molecule has 5 nitrogen and oxygen atoms in total. The SMILES string of the molecule is Cc1ccccc1S(=O)(=O)N1C(c2ccc(Cl)cc2)C(C(=O)O)=CC1C(C)CC(C)(C)C. The maximum absolute atomic E-state index is 14.0. The Labute approximate surface area is 195 Å². The van der Waals surface area contributed by atoms with Gasteiger partial charge in [-0.05, 0) is 54.0 Å². The van der Waals surface area contributed by atoms with E-state index in [1.807, 2.05) is 6.92 Å². The van der Waals surface area contributed by atoms with Gasteiger partial charge in [-0.2, -0.15) is 4.31 Å². The molecule has 2 aromatic carbocycles. The van der Waals surface area contributed by atoms with Gasteiger partial charge in [-0.15, -0.1) is 0 Å². The van der Waals surface area contributed by atoms with Gasteiger partial charge in [0.15, 0.2) is 0 Å². The highest BCUT2D eigenvalue weighted by atomic mass is 35.5. The van der Waals surface area contributed by atoms with Crippen molar-refractivity contribution in [3.05, 3.63) is 76.3 Å². The molecule has 0 aromatic heterocycles. The minimum absolute atomic E-state index is 0.0485. The van der Waals surface area contributed by atoms with Crippen LogP contribution in [0.4, 0.5) is 0 Å². The van der Waals surface area contributed by atoms with Crippen LogP contribution >= 0.6 is 11.6 Å². The van der Waals surface area contributed by atoms with E-state index >= 15 is 0 Å². The maximum atomic E-state index is 14.0. The lowest BCUT2D eigenvalue weighted by Crippen LogP contribution is -2.43. The molecule has 0 saturated carbocycles. The number of nitrogens with zero attached hydrogens (tertiary/aromatic N) is 1. The fraction of sp³-hybridized carbons (Fsp3) is 0.400. The van der Waals surface area contributed by atoms with E-state index in [1.165, 1.54) is 4.31 Å². The van der Waals surface area contributed by atoms with Crippen LogP contribution in [-0.4, -0.2) is 29.8 Å². The zero-order chi connectivity index (χ0) is 23.8. The molecule has 0 bridgehead atoms. The Morgan fingerprint density at radius 1 is 1.12 bits per heavy atom. The van der Waals surface area contributed by atoms with Gasteiger partial charge in [-0.3, -0.25) is 0 Å². The van der Waals surface area contributed by atoms with Crippen molar-refractivity contribution in [1.82, 2.24) is 4.31 Å². The van der Waals surface area contributed by atoms with Crippen LogP contribution in [-0.2, 0) is 14.8 Å². The van der Waals surface area contributed by atoms with E-state index in [-0.39, 0.29) is 21.8 Å². The van der Waals surface area contributed by atoms with Crippen molar-refractivity contribution in [1.29, 1.82) is 0 Å². The second-order valence-electron chi connectivity index (χ2n) is 9.71. The molecule has 1 heterocycles. The largest absolute Gasteiger partial charge is 0.478 e. The van der Waals surface area contributed by atoms with Crippen LogP contribution in [0.1, 0.15) is 51.3 Å². The first-order valence-corrected chi connectivity index (χ1v) is 12.4. The van der Waals surface area contributed by atoms with Crippen molar-refractivity contribution in [3.8, 4) is 0 Å². The third-order valence-electron chi connectivity index (χ3n) is 5.79. The molecule has 0 radical (unpaired) electrons. The standard InChI is InChI=1S/C25H30ClNO4S/c1-16-8-6-7-9-22(16)32(30,31)27-21(17(2)15-25(3,4)5)14-20(24(28)29)23(27)18-10-12-19(26)13-11-18/h6-14,17,21,23H,15H2,1-5H3,(H,28,29). The van der Waals surface area contributed by atoms with E-state index in [0.29, 0.717) is 16.1 Å². The van der Waals surface area contributed by atoms with Crippen LogP contribution in [0.5, 0.6) is 0 Å². The average Bonchev–Trinajstić information content (AvgIpc) is 3.09. The van der Waals surface area contributed by atoms with Crippen LogP contribution < -0.4 is 0 Å². The number of hydrogen-bond acceptors (Lipinski definition) is 3. The summed E-state index contributed by atoms with van der Waals surface area (Å²) in [5, 5.41) is 10.5. The molecular formula is C25H30ClNO4S. The number of aliphatic carboxylic acids is 1. The Kier molecular flexibility index (Phi) is 6.89. The monoisotopic (exact) mass is 475 g/mol. The molecule has 7 heteroatoms. The number of halogens is 1. The van der Waals surface area contributed by atoms with Gasteiger partial charge < -0.3 is 5.11 Å². The zero-order valence-electron chi connectivity index (χ0n) is 19.0. The number of aryl methyl sites for hydroxylation is 1. The van der Waals surface area contributed by atoms with Crippen molar-refractivity contribution in [2.75, 3.05) is 0 Å². The van der Waals surface area contributed by atoms with Crippen LogP contribution in [0, 0.1) is 18.3 Å². The summed E-state index contributed by atoms with van der Waals surface area (Å²) < 4.78 is 29.4. The lowest BCUT2D eigenvalue weighted by Gasteiger charge is -2.36. The summed E-state index contributed by atoms with van der Waals surface area (Å²) in [6, 6.07) is 12.0. The molecule has 3 rings (SSSR count). The van der Waals surface area contributed by atoms with Gasteiger partial charge >= 0.3 is 5.97 Å². The van der Waals surface area contributed by atoms with Crippen LogP contribution in [0.2, 0.25) is 5.02 Å².